The van der Waals surface area contributed by atoms with Crippen LogP contribution in [0.4, 0.5) is 0 Å². The Morgan fingerprint density at radius 1 is 1.31 bits per heavy atom. The Labute approximate surface area is 182 Å². The second kappa shape index (κ2) is 12.3. The average molecular weight is 467 g/mol. The van der Waals surface area contributed by atoms with Crippen molar-refractivity contribution >= 4 is 37.2 Å². The molecule has 1 aromatic carbocycles. The number of nitrogens with one attached hydrogen (secondary N) is 1. The molecule has 8 nitrogen and oxygen atoms in total. The lowest BCUT2D eigenvalue weighted by molar-refractivity contribution is -0.484. The minimum absolute atomic E-state index is 0.0293. The lowest BCUT2D eigenvalue weighted by Gasteiger charge is -2.21. The van der Waals surface area contributed by atoms with E-state index in [-0.39, 0.29) is 30.0 Å². The highest BCUT2D eigenvalue weighted by Gasteiger charge is 2.27. The standard InChI is InChI=1S/C18H28Cl2N2O6Si/c1-5-27-16(23)10-21-14(11-22(24)25)17-15(7-6-13(19)18(17)20)28-12-26-8-9-29(2,3)4/h6-7,14,21H,5,8-12H2,1-4H3. The first-order valence-electron chi connectivity index (χ1n) is 9.24. The lowest BCUT2D eigenvalue weighted by atomic mass is 10.1. The number of carbonyl (C=O) groups excluding carboxylic acids is 1. The summed E-state index contributed by atoms with van der Waals surface area (Å²) in [6.45, 7) is 8.40. The molecule has 11 heteroatoms. The van der Waals surface area contributed by atoms with Gasteiger partial charge in [0.1, 0.15) is 11.8 Å². The fourth-order valence-electron chi connectivity index (χ4n) is 2.37. The van der Waals surface area contributed by atoms with Gasteiger partial charge in [0.25, 0.3) is 0 Å². The molecule has 1 rings (SSSR count). The molecule has 0 heterocycles. The van der Waals surface area contributed by atoms with Crippen LogP contribution in [-0.4, -0.2) is 52.1 Å². The highest BCUT2D eigenvalue weighted by molar-refractivity contribution is 6.76. The molecule has 0 saturated heterocycles. The van der Waals surface area contributed by atoms with Gasteiger partial charge < -0.3 is 14.2 Å². The molecule has 0 aliphatic heterocycles. The molecule has 0 aliphatic rings. The van der Waals surface area contributed by atoms with E-state index in [0.29, 0.717) is 17.9 Å². The Hall–Kier alpha value is -1.39. The molecule has 0 aliphatic carbocycles. The topological polar surface area (TPSA) is 99.9 Å². The summed E-state index contributed by atoms with van der Waals surface area (Å²) >= 11 is 12.4. The molecule has 1 N–H and O–H groups in total. The molecule has 0 radical (unpaired) electrons. The molecule has 0 bridgehead atoms. The second-order valence-corrected chi connectivity index (χ2v) is 13.9. The smallest absolute Gasteiger partial charge is 0.319 e. The number of benzene rings is 1. The summed E-state index contributed by atoms with van der Waals surface area (Å²) in [7, 11) is -1.23. The largest absolute Gasteiger partial charge is 0.467 e. The van der Waals surface area contributed by atoms with Crippen molar-refractivity contribution in [1.82, 2.24) is 5.32 Å². The Kier molecular flexibility index (Phi) is 10.9. The van der Waals surface area contributed by atoms with Gasteiger partial charge in [-0.3, -0.25) is 20.2 Å². The Morgan fingerprint density at radius 3 is 2.59 bits per heavy atom. The van der Waals surface area contributed by atoms with E-state index in [1.165, 1.54) is 0 Å². The molecule has 0 saturated carbocycles. The van der Waals surface area contributed by atoms with Crippen LogP contribution in [0.15, 0.2) is 12.1 Å². The van der Waals surface area contributed by atoms with E-state index in [4.69, 9.17) is 37.4 Å². The van der Waals surface area contributed by atoms with E-state index in [1.54, 1.807) is 19.1 Å². The van der Waals surface area contributed by atoms with Gasteiger partial charge in [-0.1, -0.05) is 42.8 Å². The number of nitrogens with zero attached hydrogens (tertiary/aromatic N) is 1. The van der Waals surface area contributed by atoms with Crippen LogP contribution in [0.3, 0.4) is 0 Å². The van der Waals surface area contributed by atoms with Crippen molar-refractivity contribution in [3.05, 3.63) is 37.9 Å². The van der Waals surface area contributed by atoms with Gasteiger partial charge in [-0.2, -0.15) is 0 Å². The molecule has 0 amide bonds. The van der Waals surface area contributed by atoms with Crippen LogP contribution in [0.2, 0.25) is 35.7 Å². The maximum atomic E-state index is 11.7. The van der Waals surface area contributed by atoms with E-state index < -0.39 is 31.6 Å². The third-order valence-corrected chi connectivity index (χ3v) is 6.39. The first kappa shape index (κ1) is 25.6. The fraction of sp³-hybridized carbons (Fsp3) is 0.611. The summed E-state index contributed by atoms with van der Waals surface area (Å²) in [6, 6.07) is 3.19. The van der Waals surface area contributed by atoms with Crippen LogP contribution >= 0.6 is 23.2 Å². The van der Waals surface area contributed by atoms with Gasteiger partial charge in [-0.25, -0.2) is 0 Å². The van der Waals surface area contributed by atoms with Crippen molar-refractivity contribution in [1.29, 1.82) is 0 Å². The number of rotatable bonds is 13. The van der Waals surface area contributed by atoms with Crippen molar-refractivity contribution in [3.63, 3.8) is 0 Å². The Bertz CT molecular complexity index is 700. The van der Waals surface area contributed by atoms with Gasteiger partial charge in [0.05, 0.1) is 23.2 Å². The van der Waals surface area contributed by atoms with Gasteiger partial charge in [-0.05, 0) is 25.1 Å². The van der Waals surface area contributed by atoms with Gasteiger partial charge in [0, 0.05) is 25.2 Å². The third kappa shape index (κ3) is 9.77. The SMILES string of the molecule is CCOC(=O)CNC(C[N+](=O)[O-])c1c(OCOCC[Si](C)(C)C)ccc(Cl)c1Cl. The first-order valence-corrected chi connectivity index (χ1v) is 13.7. The van der Waals surface area contributed by atoms with Crippen LogP contribution in [0, 0.1) is 10.1 Å². The number of halogens is 2. The highest BCUT2D eigenvalue weighted by Crippen LogP contribution is 2.37. The maximum absolute atomic E-state index is 11.7. The summed E-state index contributed by atoms with van der Waals surface area (Å²) in [5.74, 6) is -0.230. The molecular weight excluding hydrogens is 439 g/mol. The highest BCUT2D eigenvalue weighted by atomic mass is 35.5. The summed E-state index contributed by atoms with van der Waals surface area (Å²) in [4.78, 5) is 22.3. The zero-order valence-electron chi connectivity index (χ0n) is 17.1. The number of ether oxygens (including phenoxy) is 3. The molecule has 164 valence electrons. The maximum Gasteiger partial charge on any atom is 0.319 e. The van der Waals surface area contributed by atoms with Gasteiger partial charge in [0.15, 0.2) is 6.79 Å². The normalized spacial score (nSPS) is 12.5. The van der Waals surface area contributed by atoms with Crippen LogP contribution in [0.5, 0.6) is 5.75 Å². The van der Waals surface area contributed by atoms with Gasteiger partial charge >= 0.3 is 5.97 Å². The van der Waals surface area contributed by atoms with E-state index >= 15 is 0 Å². The van der Waals surface area contributed by atoms with Crippen LogP contribution < -0.4 is 10.1 Å². The number of esters is 1. The number of carbonyl (C=O) groups is 1. The summed E-state index contributed by atoms with van der Waals surface area (Å²) in [5.41, 5.74) is 0.300. The van der Waals surface area contributed by atoms with E-state index in [0.717, 1.165) is 6.04 Å². The van der Waals surface area contributed by atoms with Gasteiger partial charge in [0.2, 0.25) is 6.54 Å². The predicted molar refractivity (Wildman–Crippen MR) is 115 cm³/mol. The Balaban J connectivity index is 2.96. The third-order valence-electron chi connectivity index (χ3n) is 3.87. The summed E-state index contributed by atoms with van der Waals surface area (Å²) < 4.78 is 16.1. The zero-order chi connectivity index (χ0) is 22.0. The van der Waals surface area contributed by atoms with Crippen molar-refractivity contribution in [3.8, 4) is 5.75 Å². The lowest BCUT2D eigenvalue weighted by Crippen LogP contribution is -2.33. The first-order chi connectivity index (χ1) is 13.5. The second-order valence-electron chi connectivity index (χ2n) is 7.51. The van der Waals surface area contributed by atoms with Crippen LogP contribution in [-0.2, 0) is 14.3 Å². The molecule has 0 fully saturated rings. The van der Waals surface area contributed by atoms with Crippen molar-refractivity contribution < 1.29 is 23.9 Å². The zero-order valence-corrected chi connectivity index (χ0v) is 19.6. The van der Waals surface area contributed by atoms with Crippen LogP contribution in [0.25, 0.3) is 0 Å². The van der Waals surface area contributed by atoms with Crippen LogP contribution in [0.1, 0.15) is 18.5 Å². The molecule has 1 unspecified atom stereocenters. The van der Waals surface area contributed by atoms with Crippen molar-refractivity contribution in [2.45, 2.75) is 38.7 Å². The quantitative estimate of drug-likeness (QED) is 0.116. The molecule has 0 spiro atoms. The average Bonchev–Trinajstić information content (AvgIpc) is 2.60. The summed E-state index contributed by atoms with van der Waals surface area (Å²) in [6.07, 6.45) is 0. The predicted octanol–water partition coefficient (Wildman–Crippen LogP) is 4.16. The monoisotopic (exact) mass is 466 g/mol. The fourth-order valence-corrected chi connectivity index (χ4v) is 3.58. The molecule has 1 atom stereocenters. The molecule has 29 heavy (non-hydrogen) atoms. The number of nitro groups is 1. The minimum atomic E-state index is -1.23. The number of hydrogen-bond acceptors (Lipinski definition) is 7. The number of hydrogen-bond donors (Lipinski definition) is 1. The van der Waals surface area contributed by atoms with Crippen molar-refractivity contribution in [2.24, 2.45) is 0 Å². The van der Waals surface area contributed by atoms with E-state index in [9.17, 15) is 14.9 Å². The van der Waals surface area contributed by atoms with E-state index in [2.05, 4.69) is 25.0 Å². The molecule has 1 aromatic rings. The van der Waals surface area contributed by atoms with E-state index in [1.807, 2.05) is 0 Å². The Morgan fingerprint density at radius 2 is 2.00 bits per heavy atom. The van der Waals surface area contributed by atoms with Crippen molar-refractivity contribution in [2.75, 3.05) is 33.1 Å². The van der Waals surface area contributed by atoms with Gasteiger partial charge in [-0.15, -0.1) is 0 Å². The molecule has 0 aromatic heterocycles. The molecular formula is C18H28Cl2N2O6Si. The minimum Gasteiger partial charge on any atom is -0.467 e. The summed E-state index contributed by atoms with van der Waals surface area (Å²) in [5, 5.41) is 14.3.